The van der Waals surface area contributed by atoms with Crippen molar-refractivity contribution in [3.8, 4) is 0 Å². The molecule has 1 N–H and O–H groups in total. The Kier molecular flexibility index (Phi) is 5.59. The predicted octanol–water partition coefficient (Wildman–Crippen LogP) is 2.48. The van der Waals surface area contributed by atoms with Crippen LogP contribution in [0, 0.1) is 0 Å². The smallest absolute Gasteiger partial charge is 0.338 e. The summed E-state index contributed by atoms with van der Waals surface area (Å²) in [5, 5.41) is 2.34. The van der Waals surface area contributed by atoms with Gasteiger partial charge < -0.3 is 20.0 Å². The number of halogens is 3. The molecule has 6 nitrogen and oxygen atoms in total. The molecule has 9 heteroatoms. The van der Waals surface area contributed by atoms with Crippen molar-refractivity contribution >= 4 is 17.6 Å². The first kappa shape index (κ1) is 19.5. The van der Waals surface area contributed by atoms with E-state index in [-0.39, 0.29) is 11.6 Å². The van der Waals surface area contributed by atoms with Crippen LogP contribution in [0.3, 0.4) is 0 Å². The molecule has 0 aliphatic carbocycles. The van der Waals surface area contributed by atoms with Gasteiger partial charge >= 0.3 is 12.2 Å². The molecule has 2 aliphatic heterocycles. The molecule has 1 aromatic carbocycles. The van der Waals surface area contributed by atoms with Gasteiger partial charge in [-0.3, -0.25) is 4.79 Å². The molecule has 2 aliphatic rings. The standard InChI is InChI=1S/C18H23F3N4O2/c1-23-9-11-24(12-10-23)16(26)15-7-4-8-25(15)17(27)22-14-6-3-2-5-13(14)18(19,20)21/h2-3,5-6,15H,4,7-12H2,1H3,(H,22,27)/t15-/m1/s1. The molecule has 3 amide bonds. The number of alkyl halides is 3. The van der Waals surface area contributed by atoms with Gasteiger partial charge in [-0.25, -0.2) is 4.79 Å². The fourth-order valence-electron chi connectivity index (χ4n) is 3.53. The summed E-state index contributed by atoms with van der Waals surface area (Å²) >= 11 is 0. The highest BCUT2D eigenvalue weighted by atomic mass is 19.4. The monoisotopic (exact) mass is 384 g/mol. The van der Waals surface area contributed by atoms with Crippen LogP contribution in [0.1, 0.15) is 18.4 Å². The van der Waals surface area contributed by atoms with Crippen LogP contribution in [-0.2, 0) is 11.0 Å². The molecule has 1 aromatic rings. The topological polar surface area (TPSA) is 55.9 Å². The molecule has 0 unspecified atom stereocenters. The van der Waals surface area contributed by atoms with Crippen LogP contribution in [0.15, 0.2) is 24.3 Å². The zero-order valence-corrected chi connectivity index (χ0v) is 15.1. The molecular formula is C18H23F3N4O2. The molecule has 0 radical (unpaired) electrons. The second-order valence-corrected chi connectivity index (χ2v) is 6.95. The van der Waals surface area contributed by atoms with Gasteiger partial charge in [-0.2, -0.15) is 13.2 Å². The van der Waals surface area contributed by atoms with E-state index in [2.05, 4.69) is 10.2 Å². The van der Waals surface area contributed by atoms with Gasteiger partial charge in [0, 0.05) is 32.7 Å². The van der Waals surface area contributed by atoms with E-state index in [9.17, 15) is 22.8 Å². The molecule has 2 fully saturated rings. The number of rotatable bonds is 2. The number of piperazine rings is 1. The summed E-state index contributed by atoms with van der Waals surface area (Å²) in [5.41, 5.74) is -1.20. The quantitative estimate of drug-likeness (QED) is 0.852. The van der Waals surface area contributed by atoms with E-state index in [1.165, 1.54) is 23.1 Å². The number of likely N-dealkylation sites (tertiary alicyclic amines) is 1. The number of para-hydroxylation sites is 1. The molecule has 2 heterocycles. The van der Waals surface area contributed by atoms with Gasteiger partial charge in [-0.15, -0.1) is 0 Å². The first-order chi connectivity index (χ1) is 12.8. The second-order valence-electron chi connectivity index (χ2n) is 6.95. The summed E-state index contributed by atoms with van der Waals surface area (Å²) in [6.07, 6.45) is -3.39. The van der Waals surface area contributed by atoms with Crippen molar-refractivity contribution in [1.29, 1.82) is 0 Å². The molecular weight excluding hydrogens is 361 g/mol. The maximum Gasteiger partial charge on any atom is 0.418 e. The highest BCUT2D eigenvalue weighted by Gasteiger charge is 2.38. The fourth-order valence-corrected chi connectivity index (χ4v) is 3.53. The van der Waals surface area contributed by atoms with Crippen LogP contribution in [0.2, 0.25) is 0 Å². The van der Waals surface area contributed by atoms with E-state index in [1.807, 2.05) is 7.05 Å². The number of carbonyl (C=O) groups excluding carboxylic acids is 2. The first-order valence-electron chi connectivity index (χ1n) is 8.98. The van der Waals surface area contributed by atoms with Crippen LogP contribution in [0.25, 0.3) is 0 Å². The van der Waals surface area contributed by atoms with Crippen LogP contribution in [-0.4, -0.2) is 72.5 Å². The van der Waals surface area contributed by atoms with Crippen molar-refractivity contribution in [3.63, 3.8) is 0 Å². The summed E-state index contributed by atoms with van der Waals surface area (Å²) in [4.78, 5) is 30.6. The number of hydrogen-bond donors (Lipinski definition) is 1. The number of benzene rings is 1. The minimum absolute atomic E-state index is 0.125. The van der Waals surface area contributed by atoms with Gasteiger partial charge in [-0.05, 0) is 32.0 Å². The lowest BCUT2D eigenvalue weighted by Crippen LogP contribution is -2.54. The van der Waals surface area contributed by atoms with Gasteiger partial charge in [0.1, 0.15) is 6.04 Å². The van der Waals surface area contributed by atoms with Crippen LogP contribution < -0.4 is 5.32 Å². The van der Waals surface area contributed by atoms with Crippen molar-refractivity contribution in [2.45, 2.75) is 25.1 Å². The van der Waals surface area contributed by atoms with E-state index in [1.54, 1.807) is 4.90 Å². The Morgan fingerprint density at radius 2 is 1.74 bits per heavy atom. The number of anilines is 1. The van der Waals surface area contributed by atoms with Gasteiger partial charge in [-0.1, -0.05) is 12.1 Å². The maximum atomic E-state index is 13.1. The van der Waals surface area contributed by atoms with E-state index in [4.69, 9.17) is 0 Å². The van der Waals surface area contributed by atoms with Crippen molar-refractivity contribution in [2.75, 3.05) is 45.1 Å². The summed E-state index contributed by atoms with van der Waals surface area (Å²) in [7, 11) is 1.98. The highest BCUT2D eigenvalue weighted by Crippen LogP contribution is 2.35. The van der Waals surface area contributed by atoms with E-state index in [0.717, 1.165) is 19.2 Å². The Balaban J connectivity index is 1.70. The number of hydrogen-bond acceptors (Lipinski definition) is 3. The van der Waals surface area contributed by atoms with E-state index in [0.29, 0.717) is 32.5 Å². The number of nitrogens with zero attached hydrogens (tertiary/aromatic N) is 3. The number of carbonyl (C=O) groups is 2. The lowest BCUT2D eigenvalue weighted by molar-refractivity contribution is -0.137. The molecule has 2 saturated heterocycles. The summed E-state index contributed by atoms with van der Waals surface area (Å²) < 4.78 is 39.4. The van der Waals surface area contributed by atoms with Crippen molar-refractivity contribution in [1.82, 2.24) is 14.7 Å². The summed E-state index contributed by atoms with van der Waals surface area (Å²) in [5.74, 6) is -0.125. The van der Waals surface area contributed by atoms with Crippen LogP contribution in [0.4, 0.5) is 23.7 Å². The lowest BCUT2D eigenvalue weighted by Gasteiger charge is -2.35. The fraction of sp³-hybridized carbons (Fsp3) is 0.556. The average molecular weight is 384 g/mol. The van der Waals surface area contributed by atoms with E-state index < -0.39 is 23.8 Å². The number of urea groups is 1. The zero-order valence-electron chi connectivity index (χ0n) is 15.1. The number of nitrogens with one attached hydrogen (secondary N) is 1. The normalized spacial score (nSPS) is 21.4. The third-order valence-corrected chi connectivity index (χ3v) is 5.09. The third-order valence-electron chi connectivity index (χ3n) is 5.09. The van der Waals surface area contributed by atoms with Crippen molar-refractivity contribution < 1.29 is 22.8 Å². The molecule has 3 rings (SSSR count). The molecule has 27 heavy (non-hydrogen) atoms. The number of amides is 3. The average Bonchev–Trinajstić information content (AvgIpc) is 3.11. The Labute approximate surface area is 155 Å². The minimum Gasteiger partial charge on any atom is -0.338 e. The second kappa shape index (κ2) is 7.75. The molecule has 0 aromatic heterocycles. The lowest BCUT2D eigenvalue weighted by atomic mass is 10.1. The largest absolute Gasteiger partial charge is 0.418 e. The molecule has 148 valence electrons. The van der Waals surface area contributed by atoms with E-state index >= 15 is 0 Å². The highest BCUT2D eigenvalue weighted by molar-refractivity contribution is 5.94. The first-order valence-corrected chi connectivity index (χ1v) is 8.98. The number of likely N-dealkylation sites (N-methyl/N-ethyl adjacent to an activating group) is 1. The van der Waals surface area contributed by atoms with Gasteiger partial charge in [0.2, 0.25) is 5.91 Å². The van der Waals surface area contributed by atoms with Crippen LogP contribution in [0.5, 0.6) is 0 Å². The summed E-state index contributed by atoms with van der Waals surface area (Å²) in [6.45, 7) is 3.08. The Bertz CT molecular complexity index is 702. The Hall–Kier alpha value is -2.29. The van der Waals surface area contributed by atoms with Crippen LogP contribution >= 0.6 is 0 Å². The predicted molar refractivity (Wildman–Crippen MR) is 94.3 cm³/mol. The molecule has 0 spiro atoms. The zero-order chi connectivity index (χ0) is 19.6. The maximum absolute atomic E-state index is 13.1. The van der Waals surface area contributed by atoms with Gasteiger partial charge in [0.15, 0.2) is 0 Å². The molecule has 1 atom stereocenters. The van der Waals surface area contributed by atoms with Crippen molar-refractivity contribution in [3.05, 3.63) is 29.8 Å². The van der Waals surface area contributed by atoms with Gasteiger partial charge in [0.05, 0.1) is 11.3 Å². The molecule has 0 saturated carbocycles. The molecule has 0 bridgehead atoms. The summed E-state index contributed by atoms with van der Waals surface area (Å²) in [6, 6.07) is 3.55. The Morgan fingerprint density at radius 1 is 1.07 bits per heavy atom. The Morgan fingerprint density at radius 3 is 2.41 bits per heavy atom. The third kappa shape index (κ3) is 4.35. The minimum atomic E-state index is -4.57. The van der Waals surface area contributed by atoms with Gasteiger partial charge in [0.25, 0.3) is 0 Å². The van der Waals surface area contributed by atoms with Crippen molar-refractivity contribution in [2.24, 2.45) is 0 Å². The SMILES string of the molecule is CN1CCN(C(=O)[C@H]2CCCN2C(=O)Nc2ccccc2C(F)(F)F)CC1.